The van der Waals surface area contributed by atoms with E-state index in [9.17, 15) is 4.79 Å². The summed E-state index contributed by atoms with van der Waals surface area (Å²) in [5, 5.41) is 0. The molecule has 0 aromatic carbocycles. The van der Waals surface area contributed by atoms with Gasteiger partial charge in [-0.2, -0.15) is 0 Å². The number of hydrogen-bond donors (Lipinski definition) is 2. The molecule has 0 bridgehead atoms. The molecular formula is C7H12N2O2. The van der Waals surface area contributed by atoms with Crippen LogP contribution in [-0.4, -0.2) is 19.4 Å². The predicted octanol–water partition coefficient (Wildman–Crippen LogP) is -0.00410. The van der Waals surface area contributed by atoms with Crippen LogP contribution in [0.5, 0.6) is 0 Å². The molecule has 4 heteroatoms. The first-order valence-electron chi connectivity index (χ1n) is 3.24. The van der Waals surface area contributed by atoms with Crippen molar-refractivity contribution in [1.82, 2.24) is 0 Å². The molecule has 0 aliphatic heterocycles. The average molecular weight is 156 g/mol. The molecule has 4 nitrogen and oxygen atoms in total. The Morgan fingerprint density at radius 2 is 2.09 bits per heavy atom. The topological polar surface area (TPSA) is 82.2 Å². The van der Waals surface area contributed by atoms with Gasteiger partial charge in [0.25, 0.3) is 0 Å². The lowest BCUT2D eigenvalue weighted by Crippen LogP contribution is -2.11. The summed E-state index contributed by atoms with van der Waals surface area (Å²) < 4.78 is 4.61. The minimum Gasteiger partial charge on any atom is -0.462 e. The van der Waals surface area contributed by atoms with Crippen molar-refractivity contribution < 1.29 is 9.21 Å². The zero-order valence-electron chi connectivity index (χ0n) is 6.19. The molecule has 1 aromatic heterocycles. The minimum absolute atomic E-state index is 0.375. The maximum Gasteiger partial charge on any atom is 0.185 e. The highest BCUT2D eigenvalue weighted by Gasteiger charge is 1.84. The van der Waals surface area contributed by atoms with Gasteiger partial charge in [0.2, 0.25) is 0 Å². The Morgan fingerprint density at radius 3 is 2.27 bits per heavy atom. The van der Waals surface area contributed by atoms with Crippen molar-refractivity contribution in [2.75, 3.05) is 13.1 Å². The molecule has 0 saturated heterocycles. The molecule has 1 rings (SSSR count). The fraction of sp³-hybridized carbons (Fsp3) is 0.286. The first kappa shape index (κ1) is 9.87. The quantitative estimate of drug-likeness (QED) is 0.590. The zero-order chi connectivity index (χ0) is 8.53. The van der Waals surface area contributed by atoms with Gasteiger partial charge in [0.15, 0.2) is 12.0 Å². The molecule has 0 aliphatic rings. The molecule has 1 heterocycles. The predicted molar refractivity (Wildman–Crippen MR) is 42.2 cm³/mol. The van der Waals surface area contributed by atoms with Gasteiger partial charge in [0.1, 0.15) is 0 Å². The van der Waals surface area contributed by atoms with E-state index < -0.39 is 0 Å². The molecule has 62 valence electrons. The van der Waals surface area contributed by atoms with Gasteiger partial charge in [0.05, 0.1) is 6.26 Å². The Morgan fingerprint density at radius 1 is 1.45 bits per heavy atom. The fourth-order valence-corrected chi connectivity index (χ4v) is 0.358. The molecule has 4 N–H and O–H groups in total. The van der Waals surface area contributed by atoms with Crippen molar-refractivity contribution in [3.8, 4) is 0 Å². The third kappa shape index (κ3) is 5.32. The summed E-state index contributed by atoms with van der Waals surface area (Å²) in [5.41, 5.74) is 9.81. The molecular weight excluding hydrogens is 144 g/mol. The van der Waals surface area contributed by atoms with Crippen molar-refractivity contribution in [3.05, 3.63) is 24.2 Å². The number of carbonyl (C=O) groups excluding carboxylic acids is 1. The van der Waals surface area contributed by atoms with E-state index in [4.69, 9.17) is 11.5 Å². The number of hydrogen-bond acceptors (Lipinski definition) is 4. The van der Waals surface area contributed by atoms with Gasteiger partial charge in [-0.1, -0.05) is 0 Å². The number of carbonyl (C=O) groups is 1. The van der Waals surface area contributed by atoms with Crippen LogP contribution in [0.2, 0.25) is 0 Å². The highest BCUT2D eigenvalue weighted by atomic mass is 16.3. The van der Waals surface area contributed by atoms with Crippen LogP contribution in [0.1, 0.15) is 10.6 Å². The summed E-state index contributed by atoms with van der Waals surface area (Å²) in [6.07, 6.45) is 2.13. The Labute approximate surface area is 65.2 Å². The van der Waals surface area contributed by atoms with E-state index in [1.165, 1.54) is 6.26 Å². The molecule has 0 atom stereocenters. The van der Waals surface area contributed by atoms with Crippen LogP contribution in [0.25, 0.3) is 0 Å². The second kappa shape index (κ2) is 6.98. The monoisotopic (exact) mass is 156 g/mol. The van der Waals surface area contributed by atoms with Crippen LogP contribution >= 0.6 is 0 Å². The number of nitrogens with two attached hydrogens (primary N) is 2. The van der Waals surface area contributed by atoms with E-state index in [0.29, 0.717) is 25.1 Å². The summed E-state index contributed by atoms with van der Waals surface area (Å²) in [6.45, 7) is 1.19. The zero-order valence-corrected chi connectivity index (χ0v) is 6.19. The smallest absolute Gasteiger partial charge is 0.185 e. The van der Waals surface area contributed by atoms with E-state index in [-0.39, 0.29) is 0 Å². The maximum atomic E-state index is 9.77. The van der Waals surface area contributed by atoms with Crippen molar-refractivity contribution in [1.29, 1.82) is 0 Å². The molecule has 11 heavy (non-hydrogen) atoms. The molecule has 1 aromatic rings. The van der Waals surface area contributed by atoms with Crippen molar-refractivity contribution in [2.45, 2.75) is 0 Å². The van der Waals surface area contributed by atoms with Crippen LogP contribution in [0.15, 0.2) is 22.8 Å². The van der Waals surface area contributed by atoms with Crippen LogP contribution in [-0.2, 0) is 0 Å². The van der Waals surface area contributed by atoms with E-state index in [2.05, 4.69) is 4.42 Å². The Bertz CT molecular complexity index is 171. The van der Waals surface area contributed by atoms with E-state index in [1.54, 1.807) is 12.1 Å². The Hall–Kier alpha value is -1.13. The SMILES string of the molecule is NCCN.O=Cc1ccco1. The molecule has 0 fully saturated rings. The van der Waals surface area contributed by atoms with Gasteiger partial charge >= 0.3 is 0 Å². The Balaban J connectivity index is 0.000000218. The molecule has 0 aliphatic carbocycles. The molecule has 0 radical (unpaired) electrons. The van der Waals surface area contributed by atoms with E-state index >= 15 is 0 Å². The van der Waals surface area contributed by atoms with E-state index in [1.807, 2.05) is 0 Å². The summed E-state index contributed by atoms with van der Waals surface area (Å²) >= 11 is 0. The summed E-state index contributed by atoms with van der Waals surface area (Å²) in [7, 11) is 0. The number of rotatable bonds is 2. The minimum atomic E-state index is 0.375. The second-order valence-corrected chi connectivity index (χ2v) is 1.71. The third-order valence-corrected chi connectivity index (χ3v) is 0.826. The molecule has 0 spiro atoms. The van der Waals surface area contributed by atoms with Crippen LogP contribution in [0, 0.1) is 0 Å². The summed E-state index contributed by atoms with van der Waals surface area (Å²) in [5.74, 6) is 0.375. The first-order chi connectivity index (χ1) is 5.35. The van der Waals surface area contributed by atoms with Crippen LogP contribution in [0.4, 0.5) is 0 Å². The van der Waals surface area contributed by atoms with Crippen LogP contribution in [0.3, 0.4) is 0 Å². The normalized spacial score (nSPS) is 8.18. The first-order valence-corrected chi connectivity index (χ1v) is 3.24. The second-order valence-electron chi connectivity index (χ2n) is 1.71. The lowest BCUT2D eigenvalue weighted by atomic mass is 10.5. The van der Waals surface area contributed by atoms with Crippen LogP contribution < -0.4 is 11.5 Å². The Kier molecular flexibility index (Phi) is 6.27. The molecule has 0 amide bonds. The molecule has 0 saturated carbocycles. The lowest BCUT2D eigenvalue weighted by Gasteiger charge is -1.72. The number of aldehydes is 1. The lowest BCUT2D eigenvalue weighted by molar-refractivity contribution is 0.110. The van der Waals surface area contributed by atoms with Gasteiger partial charge in [-0.25, -0.2) is 0 Å². The highest BCUT2D eigenvalue weighted by Crippen LogP contribution is 1.92. The summed E-state index contributed by atoms with van der Waals surface area (Å²) in [4.78, 5) is 9.77. The standard InChI is InChI=1S/C5H4O2.C2H8N2/c6-4-5-2-1-3-7-5;3-1-2-4/h1-4H;1-4H2. The summed E-state index contributed by atoms with van der Waals surface area (Å²) in [6, 6.07) is 3.27. The third-order valence-electron chi connectivity index (χ3n) is 0.826. The van der Waals surface area contributed by atoms with Crippen molar-refractivity contribution >= 4 is 6.29 Å². The van der Waals surface area contributed by atoms with Gasteiger partial charge < -0.3 is 15.9 Å². The van der Waals surface area contributed by atoms with Crippen molar-refractivity contribution in [3.63, 3.8) is 0 Å². The van der Waals surface area contributed by atoms with Gasteiger partial charge in [-0.15, -0.1) is 0 Å². The molecule has 0 unspecified atom stereocenters. The fourth-order valence-electron chi connectivity index (χ4n) is 0.358. The van der Waals surface area contributed by atoms with Gasteiger partial charge in [-0.05, 0) is 12.1 Å². The largest absolute Gasteiger partial charge is 0.462 e. The maximum absolute atomic E-state index is 9.77. The highest BCUT2D eigenvalue weighted by molar-refractivity contribution is 5.69. The van der Waals surface area contributed by atoms with Crippen molar-refractivity contribution in [2.24, 2.45) is 11.5 Å². The van der Waals surface area contributed by atoms with Gasteiger partial charge in [-0.3, -0.25) is 4.79 Å². The van der Waals surface area contributed by atoms with Gasteiger partial charge in [0, 0.05) is 13.1 Å². The number of furan rings is 1. The van der Waals surface area contributed by atoms with E-state index in [0.717, 1.165) is 0 Å². The average Bonchev–Trinajstić information content (AvgIpc) is 2.56.